The maximum absolute atomic E-state index is 11.3. The van der Waals surface area contributed by atoms with E-state index in [4.69, 9.17) is 0 Å². The van der Waals surface area contributed by atoms with Gasteiger partial charge in [0, 0.05) is 6.42 Å². The monoisotopic (exact) mass is 396 g/mol. The zero-order valence-electron chi connectivity index (χ0n) is 18.6. The van der Waals surface area contributed by atoms with Crippen LogP contribution in [-0.2, 0) is 9.59 Å². The van der Waals surface area contributed by atoms with E-state index in [2.05, 4.69) is 12.2 Å². The fourth-order valence-corrected chi connectivity index (χ4v) is 3.62. The highest BCUT2D eigenvalue weighted by molar-refractivity contribution is 5.80. The van der Waals surface area contributed by atoms with Crippen molar-refractivity contribution in [3.05, 3.63) is 0 Å². The number of unbranched alkanes of at least 4 members (excludes halogenated alkanes) is 18. The van der Waals surface area contributed by atoms with Crippen LogP contribution in [0, 0.1) is 0 Å². The summed E-state index contributed by atoms with van der Waals surface area (Å²) in [5.41, 5.74) is 0. The average Bonchev–Trinajstić information content (AvgIpc) is 2.68. The quantitative estimate of drug-likeness (QED) is 0.240. The Morgan fingerprint density at radius 2 is 0.893 bits per heavy atom. The van der Waals surface area contributed by atoms with Crippen LogP contribution < -0.4 is 10.4 Å². The maximum Gasteiger partial charge on any atom is 0.220 e. The fourth-order valence-electron chi connectivity index (χ4n) is 3.62. The number of hydrogen-bond acceptors (Lipinski definition) is 3. The van der Waals surface area contributed by atoms with Crippen molar-refractivity contribution in [2.24, 2.45) is 0 Å². The van der Waals surface area contributed by atoms with E-state index in [0.717, 1.165) is 12.8 Å². The van der Waals surface area contributed by atoms with Crippen LogP contribution in [0.4, 0.5) is 0 Å². The topological polar surface area (TPSA) is 69.2 Å². The number of carboxylic acid groups (broad SMARTS) is 1. The molecule has 0 bridgehead atoms. The van der Waals surface area contributed by atoms with Gasteiger partial charge in [0.15, 0.2) is 0 Å². The Hall–Kier alpha value is -1.06. The predicted molar refractivity (Wildman–Crippen MR) is 116 cm³/mol. The minimum Gasteiger partial charge on any atom is -0.548 e. The van der Waals surface area contributed by atoms with Gasteiger partial charge in [0.25, 0.3) is 0 Å². The summed E-state index contributed by atoms with van der Waals surface area (Å²) < 4.78 is 0. The molecule has 1 N–H and O–H groups in total. The molecule has 0 fully saturated rings. The zero-order valence-corrected chi connectivity index (χ0v) is 18.6. The molecule has 0 unspecified atom stereocenters. The summed E-state index contributed by atoms with van der Waals surface area (Å²) >= 11 is 0. The van der Waals surface area contributed by atoms with Crippen molar-refractivity contribution in [3.8, 4) is 0 Å². The predicted octanol–water partition coefficient (Wildman–Crippen LogP) is 5.67. The molecule has 4 nitrogen and oxygen atoms in total. The Morgan fingerprint density at radius 1 is 0.571 bits per heavy atom. The highest BCUT2D eigenvalue weighted by atomic mass is 16.4. The van der Waals surface area contributed by atoms with Gasteiger partial charge in [-0.15, -0.1) is 0 Å². The first-order valence-electron chi connectivity index (χ1n) is 12.1. The molecule has 28 heavy (non-hydrogen) atoms. The van der Waals surface area contributed by atoms with E-state index in [-0.39, 0.29) is 12.5 Å². The van der Waals surface area contributed by atoms with Gasteiger partial charge >= 0.3 is 0 Å². The molecule has 0 aliphatic rings. The fraction of sp³-hybridized carbons (Fsp3) is 0.917. The summed E-state index contributed by atoms with van der Waals surface area (Å²) in [6.45, 7) is 1.90. The lowest BCUT2D eigenvalue weighted by molar-refractivity contribution is -0.304. The molecule has 0 radical (unpaired) electrons. The summed E-state index contributed by atoms with van der Waals surface area (Å²) in [6, 6.07) is 0. The molecular formula is C24H46NO3-. The lowest BCUT2D eigenvalue weighted by atomic mass is 10.0. The Kier molecular flexibility index (Phi) is 21.4. The van der Waals surface area contributed by atoms with Gasteiger partial charge in [-0.05, 0) is 6.42 Å². The molecule has 0 aliphatic carbocycles. The van der Waals surface area contributed by atoms with Gasteiger partial charge in [0.2, 0.25) is 5.91 Å². The summed E-state index contributed by atoms with van der Waals surface area (Å²) in [4.78, 5) is 21.6. The van der Waals surface area contributed by atoms with Crippen molar-refractivity contribution in [1.82, 2.24) is 5.32 Å². The molecule has 0 heterocycles. The number of hydrogen-bond donors (Lipinski definition) is 1. The zero-order chi connectivity index (χ0) is 20.7. The molecule has 0 aliphatic heterocycles. The van der Waals surface area contributed by atoms with Gasteiger partial charge in [0.1, 0.15) is 0 Å². The van der Waals surface area contributed by atoms with Gasteiger partial charge < -0.3 is 15.2 Å². The van der Waals surface area contributed by atoms with E-state index in [1.54, 1.807) is 0 Å². The molecule has 0 saturated carbocycles. The van der Waals surface area contributed by atoms with Gasteiger partial charge in [-0.1, -0.05) is 122 Å². The summed E-state index contributed by atoms with van der Waals surface area (Å²) in [5.74, 6) is -1.42. The van der Waals surface area contributed by atoms with Crippen LogP contribution in [0.3, 0.4) is 0 Å². The number of nitrogens with one attached hydrogen (secondary N) is 1. The molecule has 0 saturated heterocycles. The van der Waals surface area contributed by atoms with Gasteiger partial charge in [-0.3, -0.25) is 4.79 Å². The van der Waals surface area contributed by atoms with Crippen LogP contribution in [0.1, 0.15) is 135 Å². The van der Waals surface area contributed by atoms with Crippen LogP contribution >= 0.6 is 0 Å². The standard InChI is InChI=1S/C24H47NO3/c1-2-3-4-5-6-7-8-9-10-11-12-13-14-15-16-17-18-19-20-21-23(26)25-22-24(27)28/h2-22H2,1H3,(H,25,26)(H,27,28)/p-1. The summed E-state index contributed by atoms with van der Waals surface area (Å²) in [5, 5.41) is 12.6. The second kappa shape index (κ2) is 22.2. The molecule has 1 amide bonds. The van der Waals surface area contributed by atoms with E-state index in [1.165, 1.54) is 109 Å². The van der Waals surface area contributed by atoms with E-state index >= 15 is 0 Å². The average molecular weight is 397 g/mol. The molecule has 0 aromatic rings. The van der Waals surface area contributed by atoms with Gasteiger partial charge in [0.05, 0.1) is 12.5 Å². The molecule has 0 spiro atoms. The van der Waals surface area contributed by atoms with Crippen molar-refractivity contribution in [1.29, 1.82) is 0 Å². The number of carboxylic acids is 1. The number of rotatable bonds is 22. The van der Waals surface area contributed by atoms with Crippen LogP contribution in [0.15, 0.2) is 0 Å². The first-order chi connectivity index (χ1) is 13.7. The van der Waals surface area contributed by atoms with Crippen molar-refractivity contribution in [2.45, 2.75) is 135 Å². The van der Waals surface area contributed by atoms with Gasteiger partial charge in [-0.25, -0.2) is 0 Å². The second-order valence-corrected chi connectivity index (χ2v) is 8.26. The summed E-state index contributed by atoms with van der Waals surface area (Å²) in [6.07, 6.45) is 25.7. The first kappa shape index (κ1) is 26.9. The van der Waals surface area contributed by atoms with Crippen LogP contribution in [0.5, 0.6) is 0 Å². The highest BCUT2D eigenvalue weighted by Gasteiger charge is 2.00. The molecular weight excluding hydrogens is 350 g/mol. The smallest absolute Gasteiger partial charge is 0.220 e. The van der Waals surface area contributed by atoms with Crippen molar-refractivity contribution in [3.63, 3.8) is 0 Å². The molecule has 4 heteroatoms. The highest BCUT2D eigenvalue weighted by Crippen LogP contribution is 2.14. The van der Waals surface area contributed by atoms with Crippen LogP contribution in [0.25, 0.3) is 0 Å². The van der Waals surface area contributed by atoms with Crippen molar-refractivity contribution < 1.29 is 14.7 Å². The number of amides is 1. The molecule has 166 valence electrons. The number of carbonyl (C=O) groups excluding carboxylic acids is 2. The van der Waals surface area contributed by atoms with E-state index < -0.39 is 5.97 Å². The molecule has 0 aromatic carbocycles. The molecule has 0 aromatic heterocycles. The third-order valence-electron chi connectivity index (χ3n) is 5.44. The minimum absolute atomic E-state index is 0.184. The minimum atomic E-state index is -1.23. The Labute approximate surface area is 174 Å². The lowest BCUT2D eigenvalue weighted by Crippen LogP contribution is -2.37. The Bertz CT molecular complexity index is 358. The number of carbonyl (C=O) groups is 2. The van der Waals surface area contributed by atoms with Gasteiger partial charge in [-0.2, -0.15) is 0 Å². The van der Waals surface area contributed by atoms with Crippen LogP contribution in [-0.4, -0.2) is 18.4 Å². The second-order valence-electron chi connectivity index (χ2n) is 8.26. The largest absolute Gasteiger partial charge is 0.548 e. The lowest BCUT2D eigenvalue weighted by Gasteiger charge is -2.05. The number of aliphatic carboxylic acids is 1. The normalized spacial score (nSPS) is 10.9. The third-order valence-corrected chi connectivity index (χ3v) is 5.44. The van der Waals surface area contributed by atoms with Crippen LogP contribution in [0.2, 0.25) is 0 Å². The Morgan fingerprint density at radius 3 is 1.21 bits per heavy atom. The van der Waals surface area contributed by atoms with E-state index in [0.29, 0.717) is 6.42 Å². The molecule has 0 atom stereocenters. The first-order valence-corrected chi connectivity index (χ1v) is 12.1. The summed E-state index contributed by atoms with van der Waals surface area (Å²) in [7, 11) is 0. The Balaban J connectivity index is 3.08. The SMILES string of the molecule is CCCCCCCCCCCCCCCCCCCCCC(=O)NCC(=O)[O-]. The van der Waals surface area contributed by atoms with Crippen molar-refractivity contribution >= 4 is 11.9 Å². The molecule has 0 rings (SSSR count). The van der Waals surface area contributed by atoms with E-state index in [1.807, 2.05) is 0 Å². The van der Waals surface area contributed by atoms with Crippen molar-refractivity contribution in [2.75, 3.05) is 6.54 Å². The maximum atomic E-state index is 11.3. The van der Waals surface area contributed by atoms with E-state index in [9.17, 15) is 14.7 Å². The third kappa shape index (κ3) is 23.0.